The predicted octanol–water partition coefficient (Wildman–Crippen LogP) is 7.36. The summed E-state index contributed by atoms with van der Waals surface area (Å²) in [5, 5.41) is 0.360. The molecular weight excluding hydrogens is 508 g/mol. The molecule has 1 fully saturated rings. The van der Waals surface area contributed by atoms with E-state index in [0.29, 0.717) is 9.93 Å². The van der Waals surface area contributed by atoms with Crippen LogP contribution in [0.2, 0.25) is 5.02 Å². The van der Waals surface area contributed by atoms with Crippen LogP contribution in [0.3, 0.4) is 0 Å². The van der Waals surface area contributed by atoms with Gasteiger partial charge in [0.1, 0.15) is 0 Å². The zero-order valence-electron chi connectivity index (χ0n) is 18.2. The largest absolute Gasteiger partial charge is 0.318 e. The summed E-state index contributed by atoms with van der Waals surface area (Å²) in [6, 6.07) is 13.5. The van der Waals surface area contributed by atoms with Gasteiger partial charge >= 0.3 is 0 Å². The van der Waals surface area contributed by atoms with Crippen molar-refractivity contribution < 1.29 is 9.59 Å². The highest BCUT2D eigenvalue weighted by molar-refractivity contribution is 9.10. The maximum Gasteiger partial charge on any atom is 0.293 e. The number of rotatable bonds is 4. The monoisotopic (exact) mass is 528 g/mol. The van der Waals surface area contributed by atoms with E-state index in [-0.39, 0.29) is 17.7 Å². The van der Waals surface area contributed by atoms with Gasteiger partial charge in [-0.3, -0.25) is 14.5 Å². The molecule has 4 nitrogen and oxygen atoms in total. The Morgan fingerprint density at radius 3 is 2.25 bits per heavy atom. The Morgan fingerprint density at radius 1 is 1.00 bits per heavy atom. The van der Waals surface area contributed by atoms with Gasteiger partial charge in [-0.25, -0.2) is 0 Å². The first-order valence-corrected chi connectivity index (χ1v) is 12.1. The number of amides is 2. The summed E-state index contributed by atoms with van der Waals surface area (Å²) in [7, 11) is 0. The quantitative estimate of drug-likeness (QED) is 0.332. The molecule has 0 radical (unpaired) electrons. The molecular formula is C25H22BrClN2O2S. The summed E-state index contributed by atoms with van der Waals surface area (Å²) in [4.78, 5) is 27.2. The van der Waals surface area contributed by atoms with Gasteiger partial charge in [-0.05, 0) is 98.1 Å². The Kier molecular flexibility index (Phi) is 6.39. The summed E-state index contributed by atoms with van der Waals surface area (Å²) >= 11 is 10.5. The van der Waals surface area contributed by atoms with Crippen molar-refractivity contribution in [2.24, 2.45) is 0 Å². The van der Waals surface area contributed by atoms with Crippen LogP contribution in [-0.2, 0) is 11.3 Å². The number of halogens is 2. The molecule has 32 heavy (non-hydrogen) atoms. The first-order valence-electron chi connectivity index (χ1n) is 10.1. The Labute approximate surface area is 205 Å². The zero-order chi connectivity index (χ0) is 23.2. The van der Waals surface area contributed by atoms with Crippen molar-refractivity contribution in [2.75, 3.05) is 0 Å². The summed E-state index contributed by atoms with van der Waals surface area (Å²) in [6.07, 6.45) is 1.82. The van der Waals surface area contributed by atoms with Crippen LogP contribution < -0.4 is 0 Å². The van der Waals surface area contributed by atoms with E-state index < -0.39 is 0 Å². The number of nitrogens with zero attached hydrogens (tertiary/aromatic N) is 2. The van der Waals surface area contributed by atoms with Crippen molar-refractivity contribution >= 4 is 56.5 Å². The van der Waals surface area contributed by atoms with Crippen LogP contribution in [0.1, 0.15) is 33.6 Å². The number of carbonyl (C=O) groups is 2. The third-order valence-corrected chi connectivity index (χ3v) is 7.97. The highest BCUT2D eigenvalue weighted by atomic mass is 79.9. The van der Waals surface area contributed by atoms with Crippen LogP contribution in [-0.4, -0.2) is 20.6 Å². The van der Waals surface area contributed by atoms with Crippen molar-refractivity contribution in [3.63, 3.8) is 0 Å². The summed E-state index contributed by atoms with van der Waals surface area (Å²) in [6.45, 7) is 8.46. The van der Waals surface area contributed by atoms with Crippen LogP contribution >= 0.6 is 39.3 Å². The maximum absolute atomic E-state index is 13.0. The topological polar surface area (TPSA) is 42.3 Å². The number of benzene rings is 2. The summed E-state index contributed by atoms with van der Waals surface area (Å²) in [5.41, 5.74) is 7.28. The number of imide groups is 1. The normalized spacial score (nSPS) is 15.3. The zero-order valence-corrected chi connectivity index (χ0v) is 21.4. The highest BCUT2D eigenvalue weighted by Crippen LogP contribution is 2.35. The molecule has 0 unspecified atom stereocenters. The van der Waals surface area contributed by atoms with E-state index in [9.17, 15) is 9.59 Å². The van der Waals surface area contributed by atoms with Crippen LogP contribution in [0.25, 0.3) is 11.8 Å². The average Bonchev–Trinajstić information content (AvgIpc) is 3.16. The molecule has 1 saturated heterocycles. The Bertz CT molecular complexity index is 1250. The Morgan fingerprint density at radius 2 is 1.62 bits per heavy atom. The molecule has 0 saturated carbocycles. The molecule has 2 amide bonds. The van der Waals surface area contributed by atoms with Gasteiger partial charge in [0.2, 0.25) is 0 Å². The smallest absolute Gasteiger partial charge is 0.293 e. The van der Waals surface area contributed by atoms with E-state index in [1.807, 2.05) is 32.1 Å². The van der Waals surface area contributed by atoms with Gasteiger partial charge in [0.25, 0.3) is 11.1 Å². The lowest BCUT2D eigenvalue weighted by atomic mass is 10.1. The second kappa shape index (κ2) is 8.93. The minimum atomic E-state index is -0.268. The van der Waals surface area contributed by atoms with Gasteiger partial charge in [-0.2, -0.15) is 0 Å². The van der Waals surface area contributed by atoms with Gasteiger partial charge in [0.15, 0.2) is 0 Å². The molecule has 2 heterocycles. The minimum absolute atomic E-state index is 0.232. The molecule has 1 aliphatic heterocycles. The number of aryl methyl sites for hydroxylation is 3. The molecule has 1 aromatic heterocycles. The van der Waals surface area contributed by atoms with Crippen LogP contribution in [0, 0.1) is 27.7 Å². The molecule has 2 aromatic carbocycles. The number of carbonyl (C=O) groups excluding carboxylic acids is 2. The van der Waals surface area contributed by atoms with Crippen molar-refractivity contribution in [3.05, 3.63) is 90.5 Å². The highest BCUT2D eigenvalue weighted by Gasteiger charge is 2.35. The third-order valence-electron chi connectivity index (χ3n) is 5.56. The molecule has 3 aromatic rings. The van der Waals surface area contributed by atoms with Crippen LogP contribution in [0.5, 0.6) is 0 Å². The fraction of sp³-hybridized carbons (Fsp3) is 0.200. The standard InChI is InChI=1S/C25H22BrClN2O2S/c1-14-9-21(10-15(2)23(14)26)29-16(3)11-19(17(29)4)12-22-24(30)28(25(31)32-22)13-18-5-7-20(27)8-6-18/h5-12H,13H2,1-4H3/b22-12-. The SMILES string of the molecule is Cc1cc(-n2c(C)cc(/C=C3\SC(=O)N(Cc4ccc(Cl)cc4)C3=O)c2C)cc(C)c1Br. The maximum atomic E-state index is 13.0. The van der Waals surface area contributed by atoms with Crippen LogP contribution in [0.4, 0.5) is 4.79 Å². The van der Waals surface area contributed by atoms with E-state index in [0.717, 1.165) is 55.6 Å². The molecule has 0 bridgehead atoms. The first-order chi connectivity index (χ1) is 15.2. The minimum Gasteiger partial charge on any atom is -0.318 e. The second-order valence-electron chi connectivity index (χ2n) is 7.95. The van der Waals surface area contributed by atoms with Crippen molar-refractivity contribution in [1.82, 2.24) is 9.47 Å². The molecule has 0 N–H and O–H groups in total. The van der Waals surface area contributed by atoms with Gasteiger partial charge in [0, 0.05) is 26.6 Å². The van der Waals surface area contributed by atoms with Crippen molar-refractivity contribution in [3.8, 4) is 5.69 Å². The van der Waals surface area contributed by atoms with Crippen molar-refractivity contribution in [1.29, 1.82) is 0 Å². The van der Waals surface area contributed by atoms with E-state index in [4.69, 9.17) is 11.6 Å². The molecule has 164 valence electrons. The molecule has 7 heteroatoms. The summed E-state index contributed by atoms with van der Waals surface area (Å²) < 4.78 is 3.29. The lowest BCUT2D eigenvalue weighted by Crippen LogP contribution is -2.27. The molecule has 4 rings (SSSR count). The van der Waals surface area contributed by atoms with E-state index in [1.54, 1.807) is 12.1 Å². The second-order valence-corrected chi connectivity index (χ2v) is 10.2. The van der Waals surface area contributed by atoms with E-state index >= 15 is 0 Å². The Balaban J connectivity index is 1.65. The van der Waals surface area contributed by atoms with E-state index in [2.05, 4.69) is 52.5 Å². The fourth-order valence-electron chi connectivity index (χ4n) is 3.93. The first kappa shape index (κ1) is 22.9. The average molecular weight is 530 g/mol. The number of hydrogen-bond donors (Lipinski definition) is 0. The third kappa shape index (κ3) is 4.32. The van der Waals surface area contributed by atoms with Crippen LogP contribution in [0.15, 0.2) is 51.8 Å². The predicted molar refractivity (Wildman–Crippen MR) is 135 cm³/mol. The molecule has 0 atom stereocenters. The molecule has 0 spiro atoms. The van der Waals surface area contributed by atoms with Crippen molar-refractivity contribution in [2.45, 2.75) is 34.2 Å². The summed E-state index contributed by atoms with van der Waals surface area (Å²) in [5.74, 6) is -0.268. The lowest BCUT2D eigenvalue weighted by Gasteiger charge is -2.13. The Hall–Kier alpha value is -2.28. The van der Waals surface area contributed by atoms with E-state index in [1.165, 1.54) is 4.90 Å². The molecule has 0 aliphatic carbocycles. The number of aromatic nitrogens is 1. The van der Waals surface area contributed by atoms with Gasteiger partial charge in [0.05, 0.1) is 11.4 Å². The van der Waals surface area contributed by atoms with Gasteiger partial charge in [-0.1, -0.05) is 39.7 Å². The number of hydrogen-bond acceptors (Lipinski definition) is 3. The van der Waals surface area contributed by atoms with Gasteiger partial charge in [-0.15, -0.1) is 0 Å². The number of thioether (sulfide) groups is 1. The fourth-order valence-corrected chi connectivity index (χ4v) is 5.12. The molecule has 1 aliphatic rings. The lowest BCUT2D eigenvalue weighted by molar-refractivity contribution is -0.123. The van der Waals surface area contributed by atoms with Gasteiger partial charge < -0.3 is 4.57 Å².